The van der Waals surface area contributed by atoms with Crippen molar-refractivity contribution in [1.82, 2.24) is 4.98 Å². The molecule has 0 aliphatic heterocycles. The molecule has 0 aliphatic rings. The first-order valence-electron chi connectivity index (χ1n) is 6.59. The Labute approximate surface area is 125 Å². The van der Waals surface area contributed by atoms with Gasteiger partial charge in [0.25, 0.3) is 0 Å². The van der Waals surface area contributed by atoms with Gasteiger partial charge in [0.1, 0.15) is 0 Å². The first-order valence-corrected chi connectivity index (χ1v) is 8.14. The number of pyridine rings is 1. The van der Waals surface area contributed by atoms with Gasteiger partial charge in [-0.15, -0.1) is 0 Å². The van der Waals surface area contributed by atoms with Gasteiger partial charge in [-0.3, -0.25) is 4.98 Å². The van der Waals surface area contributed by atoms with Crippen LogP contribution in [0.25, 0.3) is 0 Å². The van der Waals surface area contributed by atoms with Crippen molar-refractivity contribution in [3.63, 3.8) is 0 Å². The Kier molecular flexibility index (Phi) is 4.29. The van der Waals surface area contributed by atoms with E-state index in [2.05, 4.69) is 10.3 Å². The largest absolute Gasteiger partial charge is 0.378 e. The summed E-state index contributed by atoms with van der Waals surface area (Å²) in [5.41, 5.74) is 3.72. The maximum Gasteiger partial charge on any atom is 0.238 e. The molecule has 0 saturated heterocycles. The van der Waals surface area contributed by atoms with Crippen molar-refractivity contribution in [2.45, 2.75) is 31.7 Å². The van der Waals surface area contributed by atoms with Gasteiger partial charge in [-0.25, -0.2) is 13.6 Å². The van der Waals surface area contributed by atoms with Crippen LogP contribution in [0, 0.1) is 13.8 Å². The molecule has 0 spiro atoms. The van der Waals surface area contributed by atoms with Gasteiger partial charge in [0.05, 0.1) is 4.90 Å². The molecule has 5 nitrogen and oxygen atoms in total. The van der Waals surface area contributed by atoms with Gasteiger partial charge in [-0.05, 0) is 61.7 Å². The van der Waals surface area contributed by atoms with E-state index in [0.717, 1.165) is 22.4 Å². The molecule has 1 heterocycles. The van der Waals surface area contributed by atoms with E-state index >= 15 is 0 Å². The number of nitrogens with one attached hydrogen (secondary N) is 1. The highest BCUT2D eigenvalue weighted by molar-refractivity contribution is 7.89. The molecule has 6 heteroatoms. The van der Waals surface area contributed by atoms with Crippen LogP contribution in [0.4, 0.5) is 5.69 Å². The van der Waals surface area contributed by atoms with Gasteiger partial charge in [0, 0.05) is 24.1 Å². The maximum atomic E-state index is 11.5. The van der Waals surface area contributed by atoms with Gasteiger partial charge in [-0.1, -0.05) is 0 Å². The molecule has 2 aromatic rings. The smallest absolute Gasteiger partial charge is 0.238 e. The lowest BCUT2D eigenvalue weighted by atomic mass is 10.1. The molecule has 0 aliphatic carbocycles. The normalized spacial score (nSPS) is 13.0. The zero-order chi connectivity index (χ0) is 15.6. The monoisotopic (exact) mass is 305 g/mol. The first kappa shape index (κ1) is 15.5. The van der Waals surface area contributed by atoms with Crippen LogP contribution in [-0.2, 0) is 10.0 Å². The molecule has 0 bridgehead atoms. The van der Waals surface area contributed by atoms with Crippen molar-refractivity contribution in [2.24, 2.45) is 5.14 Å². The first-order chi connectivity index (χ1) is 9.79. The number of aryl methyl sites for hydroxylation is 1. The third-order valence-electron chi connectivity index (χ3n) is 3.55. The molecule has 0 fully saturated rings. The number of hydrogen-bond donors (Lipinski definition) is 2. The number of benzene rings is 1. The lowest BCUT2D eigenvalue weighted by Crippen LogP contribution is -2.14. The number of hydrogen-bond acceptors (Lipinski definition) is 4. The van der Waals surface area contributed by atoms with E-state index < -0.39 is 10.0 Å². The average Bonchev–Trinajstić information content (AvgIpc) is 2.43. The molecule has 1 unspecified atom stereocenters. The van der Waals surface area contributed by atoms with Crippen molar-refractivity contribution >= 4 is 15.7 Å². The van der Waals surface area contributed by atoms with Crippen LogP contribution in [0.2, 0.25) is 0 Å². The molecule has 0 radical (unpaired) electrons. The topological polar surface area (TPSA) is 85.1 Å². The van der Waals surface area contributed by atoms with E-state index in [1.54, 1.807) is 24.5 Å². The molecule has 1 aromatic heterocycles. The highest BCUT2D eigenvalue weighted by Crippen LogP contribution is 2.27. The van der Waals surface area contributed by atoms with E-state index in [-0.39, 0.29) is 10.9 Å². The van der Waals surface area contributed by atoms with Crippen molar-refractivity contribution in [2.75, 3.05) is 5.32 Å². The fourth-order valence-corrected chi connectivity index (χ4v) is 2.73. The Hall–Kier alpha value is -1.92. The molecule has 2 rings (SSSR count). The van der Waals surface area contributed by atoms with E-state index in [9.17, 15) is 8.42 Å². The zero-order valence-corrected chi connectivity index (χ0v) is 13.1. The van der Waals surface area contributed by atoms with Crippen LogP contribution >= 0.6 is 0 Å². The van der Waals surface area contributed by atoms with Crippen molar-refractivity contribution in [1.29, 1.82) is 0 Å². The van der Waals surface area contributed by atoms with E-state index in [4.69, 9.17) is 5.14 Å². The van der Waals surface area contributed by atoms with Crippen LogP contribution in [0.1, 0.15) is 29.7 Å². The van der Waals surface area contributed by atoms with Gasteiger partial charge < -0.3 is 5.32 Å². The third kappa shape index (κ3) is 3.59. The van der Waals surface area contributed by atoms with Crippen LogP contribution < -0.4 is 10.5 Å². The summed E-state index contributed by atoms with van der Waals surface area (Å²) in [6.07, 6.45) is 3.46. The summed E-state index contributed by atoms with van der Waals surface area (Å²) in [6, 6.07) is 7.04. The summed E-state index contributed by atoms with van der Waals surface area (Å²) in [5, 5.41) is 8.55. The average molecular weight is 305 g/mol. The number of nitrogens with two attached hydrogens (primary N) is 1. The fraction of sp³-hybridized carbons (Fsp3) is 0.267. The predicted molar refractivity (Wildman–Crippen MR) is 83.6 cm³/mol. The van der Waals surface area contributed by atoms with Gasteiger partial charge in [0.2, 0.25) is 10.0 Å². The van der Waals surface area contributed by atoms with Crippen molar-refractivity contribution in [3.05, 3.63) is 53.3 Å². The van der Waals surface area contributed by atoms with Crippen LogP contribution in [0.15, 0.2) is 41.6 Å². The SMILES string of the molecule is Cc1cc(S(N)(=O)=O)cc(NC(C)c2ccncc2)c1C. The highest BCUT2D eigenvalue weighted by atomic mass is 32.2. The second-order valence-electron chi connectivity index (χ2n) is 5.10. The predicted octanol–water partition coefficient (Wildman–Crippen LogP) is 2.52. The second-order valence-corrected chi connectivity index (χ2v) is 6.67. The number of aromatic nitrogens is 1. The minimum absolute atomic E-state index is 0.0295. The summed E-state index contributed by atoms with van der Waals surface area (Å²) in [5.74, 6) is 0. The second kappa shape index (κ2) is 5.83. The molecule has 3 N–H and O–H groups in total. The standard InChI is InChI=1S/C15H19N3O2S/c1-10-8-14(21(16,19)20)9-15(11(10)2)18-12(3)13-4-6-17-7-5-13/h4-9,12,18H,1-3H3,(H2,16,19,20). The molecular weight excluding hydrogens is 286 g/mol. The maximum absolute atomic E-state index is 11.5. The summed E-state index contributed by atoms with van der Waals surface area (Å²) >= 11 is 0. The lowest BCUT2D eigenvalue weighted by molar-refractivity contribution is 0.597. The van der Waals surface area contributed by atoms with E-state index in [0.29, 0.717) is 0 Å². The molecule has 0 amide bonds. The van der Waals surface area contributed by atoms with Crippen LogP contribution in [-0.4, -0.2) is 13.4 Å². The third-order valence-corrected chi connectivity index (χ3v) is 4.44. The Morgan fingerprint density at radius 1 is 1.19 bits per heavy atom. The lowest BCUT2D eigenvalue weighted by Gasteiger charge is -2.19. The minimum atomic E-state index is -3.72. The van der Waals surface area contributed by atoms with Crippen LogP contribution in [0.3, 0.4) is 0 Å². The molecular formula is C15H19N3O2S. The van der Waals surface area contributed by atoms with Gasteiger partial charge in [-0.2, -0.15) is 0 Å². The Morgan fingerprint density at radius 2 is 1.81 bits per heavy atom. The molecule has 21 heavy (non-hydrogen) atoms. The fourth-order valence-electron chi connectivity index (χ4n) is 2.11. The zero-order valence-electron chi connectivity index (χ0n) is 12.3. The quantitative estimate of drug-likeness (QED) is 0.909. The van der Waals surface area contributed by atoms with Crippen LogP contribution in [0.5, 0.6) is 0 Å². The number of rotatable bonds is 4. The van der Waals surface area contributed by atoms with Crippen molar-refractivity contribution in [3.8, 4) is 0 Å². The van der Waals surface area contributed by atoms with Gasteiger partial charge in [0.15, 0.2) is 0 Å². The molecule has 112 valence electrons. The van der Waals surface area contributed by atoms with Gasteiger partial charge >= 0.3 is 0 Å². The molecule has 0 saturated carbocycles. The summed E-state index contributed by atoms with van der Waals surface area (Å²) < 4.78 is 23.1. The van der Waals surface area contributed by atoms with E-state index in [1.807, 2.05) is 32.9 Å². The minimum Gasteiger partial charge on any atom is -0.378 e. The number of nitrogens with zero attached hydrogens (tertiary/aromatic N) is 1. The number of sulfonamides is 1. The Morgan fingerprint density at radius 3 is 2.38 bits per heavy atom. The number of primary sulfonamides is 1. The summed E-state index contributed by atoms with van der Waals surface area (Å²) in [6.45, 7) is 5.82. The Balaban J connectivity index is 2.38. The number of anilines is 1. The summed E-state index contributed by atoms with van der Waals surface area (Å²) in [7, 11) is -3.72. The molecule has 1 aromatic carbocycles. The van der Waals surface area contributed by atoms with E-state index in [1.165, 1.54) is 0 Å². The Bertz CT molecular complexity index is 743. The summed E-state index contributed by atoms with van der Waals surface area (Å²) in [4.78, 5) is 4.11. The molecule has 1 atom stereocenters. The highest BCUT2D eigenvalue weighted by Gasteiger charge is 2.14. The van der Waals surface area contributed by atoms with Crippen molar-refractivity contribution < 1.29 is 8.42 Å².